The van der Waals surface area contributed by atoms with Gasteiger partial charge in [-0.05, 0) is 69.1 Å². The number of hydrogen-bond donors (Lipinski definition) is 2. The van der Waals surface area contributed by atoms with E-state index in [0.717, 1.165) is 62.9 Å². The zero-order valence-electron chi connectivity index (χ0n) is 36.6. The summed E-state index contributed by atoms with van der Waals surface area (Å²) in [6, 6.07) is 6.86. The number of nitrogens with one attached hydrogen (secondary N) is 2. The van der Waals surface area contributed by atoms with Gasteiger partial charge in [0.2, 0.25) is 11.8 Å². The molecule has 0 spiro atoms. The Morgan fingerprint density at radius 3 is 2.59 bits per heavy atom. The molecule has 0 radical (unpaired) electrons. The van der Waals surface area contributed by atoms with E-state index in [2.05, 4.69) is 35.5 Å². The van der Waals surface area contributed by atoms with E-state index in [0.29, 0.717) is 62.2 Å². The van der Waals surface area contributed by atoms with Crippen LogP contribution in [-0.4, -0.2) is 133 Å². The molecule has 350 valence electrons. The van der Waals surface area contributed by atoms with E-state index in [1.807, 2.05) is 24.3 Å². The van der Waals surface area contributed by atoms with Crippen LogP contribution in [0.25, 0.3) is 16.7 Å². The molecule has 2 N–H and O–H groups in total. The van der Waals surface area contributed by atoms with Gasteiger partial charge in [-0.3, -0.25) is 38.4 Å². The molecule has 4 aromatic heterocycles. The molecule has 21 heteroatoms. The number of rotatable bonds is 12. The summed E-state index contributed by atoms with van der Waals surface area (Å²) in [5.74, 6) is -0.158. The first-order valence-electron chi connectivity index (χ1n) is 23.1. The zero-order valence-corrected chi connectivity index (χ0v) is 36.6. The predicted molar refractivity (Wildman–Crippen MR) is 235 cm³/mol. The fourth-order valence-corrected chi connectivity index (χ4v) is 11.2. The van der Waals surface area contributed by atoms with Crippen LogP contribution in [0.4, 0.5) is 30.4 Å². The van der Waals surface area contributed by atoms with Crippen LogP contribution in [0.5, 0.6) is 0 Å². The van der Waals surface area contributed by atoms with E-state index in [1.165, 1.54) is 21.5 Å². The van der Waals surface area contributed by atoms with Crippen LogP contribution < -0.4 is 26.1 Å². The Morgan fingerprint density at radius 2 is 1.85 bits per heavy atom. The summed E-state index contributed by atoms with van der Waals surface area (Å²) < 4.78 is 62.2. The van der Waals surface area contributed by atoms with Crippen LogP contribution in [0.15, 0.2) is 47.7 Å². The molecule has 66 heavy (non-hydrogen) atoms. The van der Waals surface area contributed by atoms with Gasteiger partial charge in [-0.1, -0.05) is 6.07 Å². The number of amides is 3. The first kappa shape index (κ1) is 42.8. The monoisotopic (exact) mass is 914 g/mol. The smallest absolute Gasteiger partial charge is 0.329 e. The van der Waals surface area contributed by atoms with Gasteiger partial charge in [0.25, 0.3) is 12.3 Å². The number of ether oxygens (including phenoxy) is 2. The van der Waals surface area contributed by atoms with Crippen molar-refractivity contribution in [2.45, 2.75) is 94.3 Å². The number of anilines is 3. The molecule has 1 aromatic carbocycles. The van der Waals surface area contributed by atoms with Gasteiger partial charge in [-0.2, -0.15) is 10.2 Å². The Labute approximate surface area is 377 Å². The standard InChI is InChI=1S/C45H53F3N12O6/c1-54-40-33(3-2-4-34(40)60(45(54)64)35-9-10-38(61)52-44(35)63)56-18-26(19-56)23-66-36-11-13-55(21-31(36)46)17-25-5-7-27(8-6-25)59-22-32(39(53-59)41(47)48)50-43(62)30-16-49-58-14-12-37(51-42(30)58)57-20-29-15-28(57)24-65-29/h2-4,12,14,16,22,25-29,31,35-36,41H,5-11,13,15,17-21,23-24H2,1H3,(H,50,62)(H,52,61,63)/t25?,27?,28-,29-,31-,35?,36-/m1/s1. The van der Waals surface area contributed by atoms with E-state index in [4.69, 9.17) is 14.5 Å². The number of morpholine rings is 1. The van der Waals surface area contributed by atoms with E-state index >= 15 is 4.39 Å². The topological polar surface area (TPSA) is 178 Å². The van der Waals surface area contributed by atoms with Crippen molar-refractivity contribution in [1.82, 2.24) is 43.7 Å². The number of imide groups is 1. The van der Waals surface area contributed by atoms with Gasteiger partial charge in [0, 0.05) is 71.0 Å². The molecule has 9 heterocycles. The highest BCUT2D eigenvalue weighted by Crippen LogP contribution is 2.38. The first-order chi connectivity index (χ1) is 31.9. The van der Waals surface area contributed by atoms with Crippen LogP contribution in [0.2, 0.25) is 0 Å². The third-order valence-electron chi connectivity index (χ3n) is 14.7. The summed E-state index contributed by atoms with van der Waals surface area (Å²) in [4.78, 5) is 62.6. The molecular formula is C45H53F3N12O6. The van der Waals surface area contributed by atoms with Gasteiger partial charge in [-0.15, -0.1) is 0 Å². The number of nitrogens with zero attached hydrogens (tertiary/aromatic N) is 10. The number of aryl methyl sites for hydroxylation is 1. The largest absolute Gasteiger partial charge is 0.375 e. The Hall–Kier alpha value is -5.80. The van der Waals surface area contributed by atoms with Crippen LogP contribution in [0.1, 0.15) is 85.9 Å². The molecule has 5 aromatic rings. The Kier molecular flexibility index (Phi) is 11.1. The van der Waals surface area contributed by atoms with Crippen molar-refractivity contribution in [3.63, 3.8) is 0 Å². The first-order valence-corrected chi connectivity index (χ1v) is 23.1. The average Bonchev–Trinajstić information content (AvgIpc) is 4.14. The number of imidazole rings is 1. The number of piperidine rings is 2. The van der Waals surface area contributed by atoms with E-state index in [1.54, 1.807) is 22.5 Å². The van der Waals surface area contributed by atoms with Gasteiger partial charge in [0.05, 0.1) is 66.1 Å². The molecular weight excluding hydrogens is 862 g/mol. The summed E-state index contributed by atoms with van der Waals surface area (Å²) in [7, 11) is 1.69. The summed E-state index contributed by atoms with van der Waals surface area (Å²) >= 11 is 0. The number of hydrogen-bond acceptors (Lipinski definition) is 12. The van der Waals surface area contributed by atoms with Crippen molar-refractivity contribution in [2.24, 2.45) is 18.9 Å². The molecule has 6 fully saturated rings. The fourth-order valence-electron chi connectivity index (χ4n) is 11.2. The van der Waals surface area contributed by atoms with E-state index in [9.17, 15) is 28.0 Å². The average molecular weight is 915 g/mol. The Morgan fingerprint density at radius 1 is 1.02 bits per heavy atom. The predicted octanol–water partition coefficient (Wildman–Crippen LogP) is 4.02. The highest BCUT2D eigenvalue weighted by Gasteiger charge is 2.41. The Balaban J connectivity index is 0.646. The van der Waals surface area contributed by atoms with Crippen LogP contribution in [0, 0.1) is 11.8 Å². The minimum atomic E-state index is -2.89. The third kappa shape index (κ3) is 7.80. The molecule has 1 aliphatic carbocycles. The molecule has 11 rings (SSSR count). The molecule has 1 saturated carbocycles. The van der Waals surface area contributed by atoms with Crippen molar-refractivity contribution in [2.75, 3.05) is 67.6 Å². The van der Waals surface area contributed by atoms with Crippen molar-refractivity contribution >= 4 is 51.6 Å². The summed E-state index contributed by atoms with van der Waals surface area (Å²) in [5, 5.41) is 13.6. The van der Waals surface area contributed by atoms with Gasteiger partial charge in [0.15, 0.2) is 11.3 Å². The van der Waals surface area contributed by atoms with Crippen molar-refractivity contribution < 1.29 is 37.0 Å². The second-order valence-electron chi connectivity index (χ2n) is 19.0. The quantitative estimate of drug-likeness (QED) is 0.172. The van der Waals surface area contributed by atoms with Crippen LogP contribution >= 0.6 is 0 Å². The molecule has 18 nitrogen and oxygen atoms in total. The third-order valence-corrected chi connectivity index (χ3v) is 14.7. The second-order valence-corrected chi connectivity index (χ2v) is 19.0. The lowest BCUT2D eigenvalue weighted by Gasteiger charge is -2.43. The van der Waals surface area contributed by atoms with Gasteiger partial charge >= 0.3 is 5.69 Å². The molecule has 1 unspecified atom stereocenters. The lowest BCUT2D eigenvalue weighted by atomic mass is 9.85. The number of halogens is 3. The van der Waals surface area contributed by atoms with Crippen molar-refractivity contribution in [1.29, 1.82) is 0 Å². The number of benzene rings is 1. The number of aromatic nitrogens is 7. The number of likely N-dealkylation sites (tertiary alicyclic amines) is 1. The van der Waals surface area contributed by atoms with Gasteiger partial charge in [0.1, 0.15) is 23.6 Å². The summed E-state index contributed by atoms with van der Waals surface area (Å²) in [5.41, 5.74) is 1.91. The molecule has 6 aliphatic rings. The Bertz CT molecular complexity index is 2740. The number of carbonyl (C=O) groups is 3. The molecule has 5 aliphatic heterocycles. The van der Waals surface area contributed by atoms with Crippen molar-refractivity contribution in [3.05, 3.63) is 64.6 Å². The number of alkyl halides is 3. The molecule has 5 saturated heterocycles. The highest BCUT2D eigenvalue weighted by molar-refractivity contribution is 6.08. The number of para-hydroxylation sites is 1. The van der Waals surface area contributed by atoms with Gasteiger partial charge < -0.3 is 24.6 Å². The molecule has 3 amide bonds. The summed E-state index contributed by atoms with van der Waals surface area (Å²) in [6.07, 6.45) is 5.38. The minimum absolute atomic E-state index is 0.0414. The maximum Gasteiger partial charge on any atom is 0.329 e. The SMILES string of the molecule is Cn1c(=O)n(C2CCC(=O)NC2=O)c2cccc(N3CC(CO[C@@H]4CCN(CC5CCC(n6cc(NC(=O)c7cnn8ccc(N9C[C@H]%10C[C@@H]9CO%10)nc78)c(C(F)F)n6)CC5)C[C@H]4F)C3)c21. The second kappa shape index (κ2) is 17.1. The molecule has 5 atom stereocenters. The molecule has 2 bridgehead atoms. The lowest BCUT2D eigenvalue weighted by Crippen LogP contribution is -2.51. The number of carbonyl (C=O) groups excluding carboxylic acids is 3. The van der Waals surface area contributed by atoms with E-state index in [-0.39, 0.29) is 59.8 Å². The lowest BCUT2D eigenvalue weighted by molar-refractivity contribution is -0.135. The number of fused-ring (bicyclic) bond motifs is 4. The summed E-state index contributed by atoms with van der Waals surface area (Å²) in [6.45, 7) is 4.92. The van der Waals surface area contributed by atoms with Gasteiger partial charge in [-0.25, -0.2) is 27.5 Å². The van der Waals surface area contributed by atoms with Crippen LogP contribution in [-0.2, 0) is 26.1 Å². The van der Waals surface area contributed by atoms with Crippen molar-refractivity contribution in [3.8, 4) is 0 Å². The zero-order chi connectivity index (χ0) is 45.4. The minimum Gasteiger partial charge on any atom is -0.375 e. The normalized spacial score (nSPS) is 27.4. The maximum absolute atomic E-state index is 15.6. The highest BCUT2D eigenvalue weighted by atomic mass is 19.3. The fraction of sp³-hybridized carbons (Fsp3) is 0.578. The van der Waals surface area contributed by atoms with Crippen LogP contribution in [0.3, 0.4) is 0 Å². The maximum atomic E-state index is 15.6. The van der Waals surface area contributed by atoms with E-state index < -0.39 is 42.3 Å².